The Kier molecular flexibility index (Phi) is 7.20. The Balaban J connectivity index is 1.72. The average Bonchev–Trinajstić information content (AvgIpc) is 3.49. The molecule has 0 radical (unpaired) electrons. The second kappa shape index (κ2) is 10.6. The number of benzene rings is 1. The summed E-state index contributed by atoms with van der Waals surface area (Å²) in [5.41, 5.74) is 2.37. The fourth-order valence-corrected chi connectivity index (χ4v) is 4.54. The molecule has 0 atom stereocenters. The molecule has 206 valence electrons. The SMILES string of the molecule is CCOC(=O)c1cnn2c(N(C)Cc3ccccc3)cc(-c3cn(C(=O)OC(C)(C)C)c4ncc(Cl)cc34)nc12. The van der Waals surface area contributed by atoms with E-state index >= 15 is 0 Å². The summed E-state index contributed by atoms with van der Waals surface area (Å²) in [5, 5.41) is 5.47. The molecule has 0 aliphatic heterocycles. The van der Waals surface area contributed by atoms with Gasteiger partial charge in [-0.15, -0.1) is 0 Å². The highest BCUT2D eigenvalue weighted by molar-refractivity contribution is 6.31. The molecule has 0 aliphatic rings. The van der Waals surface area contributed by atoms with Gasteiger partial charge >= 0.3 is 12.1 Å². The maximum atomic E-state index is 13.1. The van der Waals surface area contributed by atoms with Gasteiger partial charge in [-0.25, -0.2) is 24.1 Å². The van der Waals surface area contributed by atoms with Gasteiger partial charge in [-0.1, -0.05) is 41.9 Å². The lowest BCUT2D eigenvalue weighted by Gasteiger charge is -2.21. The first-order valence-electron chi connectivity index (χ1n) is 12.8. The second-order valence-corrected chi connectivity index (χ2v) is 10.7. The van der Waals surface area contributed by atoms with Gasteiger partial charge in [-0.05, 0) is 39.3 Å². The standard InChI is InChI=1S/C29H29ClN6O4/c1-6-39-27(37)21-15-32-36-24(34(5)16-18-10-8-7-9-11-18)13-23(33-26(21)36)22-17-35(28(38)40-29(2,3)4)25-20(22)12-19(30)14-31-25/h7-15,17H,6,16H2,1-5H3. The van der Waals surface area contributed by atoms with Crippen molar-refractivity contribution in [3.8, 4) is 11.3 Å². The minimum atomic E-state index is -0.711. The maximum absolute atomic E-state index is 13.1. The molecule has 0 aliphatic carbocycles. The number of nitrogens with zero attached hydrogens (tertiary/aromatic N) is 6. The number of carbonyl (C=O) groups is 2. The lowest BCUT2D eigenvalue weighted by atomic mass is 10.1. The van der Waals surface area contributed by atoms with Crippen molar-refractivity contribution in [1.82, 2.24) is 24.1 Å². The lowest BCUT2D eigenvalue weighted by Crippen LogP contribution is -2.26. The summed E-state index contributed by atoms with van der Waals surface area (Å²) in [5.74, 6) is 0.146. The zero-order chi connectivity index (χ0) is 28.6. The Hall–Kier alpha value is -4.44. The molecule has 0 fully saturated rings. The van der Waals surface area contributed by atoms with Crippen LogP contribution in [0.1, 0.15) is 43.6 Å². The molecule has 0 amide bonds. The molecule has 11 heteroatoms. The molecule has 0 saturated heterocycles. The van der Waals surface area contributed by atoms with E-state index < -0.39 is 17.7 Å². The predicted molar refractivity (Wildman–Crippen MR) is 153 cm³/mol. The Bertz CT molecular complexity index is 1720. The fourth-order valence-electron chi connectivity index (χ4n) is 4.38. The maximum Gasteiger partial charge on any atom is 0.420 e. The van der Waals surface area contributed by atoms with Crippen LogP contribution in [0.15, 0.2) is 61.1 Å². The van der Waals surface area contributed by atoms with E-state index in [9.17, 15) is 9.59 Å². The monoisotopic (exact) mass is 560 g/mol. The highest BCUT2D eigenvalue weighted by atomic mass is 35.5. The fraction of sp³-hybridized carbons (Fsp3) is 0.276. The van der Waals surface area contributed by atoms with Gasteiger partial charge in [0.05, 0.1) is 23.5 Å². The molecule has 1 aromatic carbocycles. The minimum absolute atomic E-state index is 0.212. The number of halogens is 1. The Morgan fingerprint density at radius 2 is 1.82 bits per heavy atom. The molecule has 40 heavy (non-hydrogen) atoms. The molecule has 5 rings (SSSR count). The zero-order valence-electron chi connectivity index (χ0n) is 22.9. The van der Waals surface area contributed by atoms with Gasteiger partial charge in [0.15, 0.2) is 5.65 Å². The van der Waals surface area contributed by atoms with Crippen molar-refractivity contribution in [2.45, 2.75) is 39.8 Å². The van der Waals surface area contributed by atoms with E-state index in [2.05, 4.69) is 10.1 Å². The molecule has 0 saturated carbocycles. The average molecular weight is 561 g/mol. The first-order chi connectivity index (χ1) is 19.1. The number of ether oxygens (including phenoxy) is 2. The van der Waals surface area contributed by atoms with E-state index in [0.29, 0.717) is 45.3 Å². The summed E-state index contributed by atoms with van der Waals surface area (Å²) in [7, 11) is 1.93. The number of fused-ring (bicyclic) bond motifs is 2. The number of aromatic nitrogens is 5. The summed E-state index contributed by atoms with van der Waals surface area (Å²) >= 11 is 6.33. The first kappa shape index (κ1) is 27.1. The van der Waals surface area contributed by atoms with Crippen LogP contribution < -0.4 is 4.90 Å². The predicted octanol–water partition coefficient (Wildman–Crippen LogP) is 6.00. The first-order valence-corrected chi connectivity index (χ1v) is 13.1. The Morgan fingerprint density at radius 3 is 2.52 bits per heavy atom. The van der Waals surface area contributed by atoms with Crippen LogP contribution >= 0.6 is 11.6 Å². The largest absolute Gasteiger partial charge is 0.462 e. The van der Waals surface area contributed by atoms with Crippen LogP contribution in [0.2, 0.25) is 5.02 Å². The van der Waals surface area contributed by atoms with Gasteiger partial charge in [-0.2, -0.15) is 9.61 Å². The molecular weight excluding hydrogens is 532 g/mol. The van der Waals surface area contributed by atoms with Crippen molar-refractivity contribution >= 4 is 46.2 Å². The van der Waals surface area contributed by atoms with E-state index in [-0.39, 0.29) is 12.2 Å². The van der Waals surface area contributed by atoms with Gasteiger partial charge in [0, 0.05) is 43.0 Å². The van der Waals surface area contributed by atoms with Gasteiger partial charge in [-0.3, -0.25) is 0 Å². The van der Waals surface area contributed by atoms with Crippen LogP contribution in [-0.4, -0.2) is 55.5 Å². The summed E-state index contributed by atoms with van der Waals surface area (Å²) in [6, 6.07) is 13.6. The molecule has 0 N–H and O–H groups in total. The third kappa shape index (κ3) is 5.35. The van der Waals surface area contributed by atoms with Crippen molar-refractivity contribution in [3.05, 3.63) is 77.2 Å². The number of hydrogen-bond donors (Lipinski definition) is 0. The smallest absolute Gasteiger partial charge is 0.420 e. The third-order valence-electron chi connectivity index (χ3n) is 6.08. The van der Waals surface area contributed by atoms with E-state index in [1.165, 1.54) is 17.0 Å². The molecule has 4 heterocycles. The molecule has 0 unspecified atom stereocenters. The molecule has 4 aromatic heterocycles. The van der Waals surface area contributed by atoms with Crippen LogP contribution in [0.4, 0.5) is 10.6 Å². The zero-order valence-corrected chi connectivity index (χ0v) is 23.6. The summed E-state index contributed by atoms with van der Waals surface area (Å²) in [6.45, 7) is 7.91. The summed E-state index contributed by atoms with van der Waals surface area (Å²) < 4.78 is 13.8. The quantitative estimate of drug-likeness (QED) is 0.233. The number of esters is 1. The second-order valence-electron chi connectivity index (χ2n) is 10.3. The van der Waals surface area contributed by atoms with E-state index in [0.717, 1.165) is 5.56 Å². The third-order valence-corrected chi connectivity index (χ3v) is 6.28. The highest BCUT2D eigenvalue weighted by Crippen LogP contribution is 2.34. The van der Waals surface area contributed by atoms with Crippen molar-refractivity contribution in [2.75, 3.05) is 18.6 Å². The number of hydrogen-bond acceptors (Lipinski definition) is 8. The minimum Gasteiger partial charge on any atom is -0.462 e. The van der Waals surface area contributed by atoms with Gasteiger partial charge in [0.1, 0.15) is 22.6 Å². The van der Waals surface area contributed by atoms with Gasteiger partial charge in [0.25, 0.3) is 0 Å². The number of carbonyl (C=O) groups excluding carboxylic acids is 2. The van der Waals surface area contributed by atoms with Crippen molar-refractivity contribution in [3.63, 3.8) is 0 Å². The summed E-state index contributed by atoms with van der Waals surface area (Å²) in [4.78, 5) is 37.2. The van der Waals surface area contributed by atoms with E-state index in [1.807, 2.05) is 48.3 Å². The number of rotatable bonds is 6. The Morgan fingerprint density at radius 1 is 1.07 bits per heavy atom. The van der Waals surface area contributed by atoms with Crippen molar-refractivity contribution in [1.29, 1.82) is 0 Å². The molecule has 0 spiro atoms. The number of anilines is 1. The lowest BCUT2D eigenvalue weighted by molar-refractivity contribution is 0.0523. The van der Waals surface area contributed by atoms with Crippen molar-refractivity contribution in [2.24, 2.45) is 0 Å². The van der Waals surface area contributed by atoms with Gasteiger partial charge < -0.3 is 14.4 Å². The molecule has 5 aromatic rings. The highest BCUT2D eigenvalue weighted by Gasteiger charge is 2.25. The molecular formula is C29H29ClN6O4. The molecule has 10 nitrogen and oxygen atoms in total. The van der Waals surface area contributed by atoms with Crippen molar-refractivity contribution < 1.29 is 19.1 Å². The Labute approximate surface area is 236 Å². The normalized spacial score (nSPS) is 11.7. The van der Waals surface area contributed by atoms with Crippen LogP contribution in [0, 0.1) is 0 Å². The number of pyridine rings is 1. The van der Waals surface area contributed by atoms with Crippen LogP contribution in [0.3, 0.4) is 0 Å². The topological polar surface area (TPSA) is 104 Å². The van der Waals surface area contributed by atoms with Gasteiger partial charge in [0.2, 0.25) is 0 Å². The van der Waals surface area contributed by atoms with Crippen LogP contribution in [0.25, 0.3) is 27.9 Å². The van der Waals surface area contributed by atoms with E-state index in [1.54, 1.807) is 44.5 Å². The molecule has 0 bridgehead atoms. The van der Waals surface area contributed by atoms with E-state index in [4.69, 9.17) is 26.1 Å². The van der Waals surface area contributed by atoms with Crippen LogP contribution in [-0.2, 0) is 16.0 Å². The summed E-state index contributed by atoms with van der Waals surface area (Å²) in [6.07, 6.45) is 3.96. The van der Waals surface area contributed by atoms with Crippen LogP contribution in [0.5, 0.6) is 0 Å².